The first-order valence-electron chi connectivity index (χ1n) is 8.02. The highest BCUT2D eigenvalue weighted by molar-refractivity contribution is 5.90. The topological polar surface area (TPSA) is 39.4 Å². The second-order valence-electron chi connectivity index (χ2n) is 8.53. The molecule has 3 nitrogen and oxygen atoms in total. The van der Waals surface area contributed by atoms with Gasteiger partial charge in [0.25, 0.3) is 0 Å². The van der Waals surface area contributed by atoms with Crippen LogP contribution >= 0.6 is 0 Å². The Hall–Kier alpha value is -1.30. The van der Waals surface area contributed by atoms with Crippen LogP contribution in [0, 0.1) is 28.1 Å². The lowest BCUT2D eigenvalue weighted by molar-refractivity contribution is 0.390. The molecule has 2 aliphatic rings. The number of hydrogen-bond acceptors (Lipinski definition) is 3. The van der Waals surface area contributed by atoms with Gasteiger partial charge >= 0.3 is 0 Å². The molecule has 0 aliphatic carbocycles. The summed E-state index contributed by atoms with van der Waals surface area (Å²) in [6.07, 6.45) is 1.67. The van der Waals surface area contributed by atoms with Crippen molar-refractivity contribution in [3.8, 4) is 6.07 Å². The third-order valence-electron chi connectivity index (χ3n) is 4.41. The van der Waals surface area contributed by atoms with E-state index in [2.05, 4.69) is 59.4 Å². The van der Waals surface area contributed by atoms with Gasteiger partial charge in [-0.15, -0.1) is 0 Å². The van der Waals surface area contributed by atoms with E-state index < -0.39 is 0 Å². The highest BCUT2D eigenvalue weighted by atomic mass is 15.3. The number of fused-ring (bicyclic) bond motifs is 1. The molecular weight excluding hydrogens is 258 g/mol. The molecule has 0 unspecified atom stereocenters. The fourth-order valence-corrected chi connectivity index (χ4v) is 3.77. The van der Waals surface area contributed by atoms with Crippen LogP contribution in [0.2, 0.25) is 0 Å². The van der Waals surface area contributed by atoms with Gasteiger partial charge in [0.2, 0.25) is 0 Å². The van der Waals surface area contributed by atoms with Crippen LogP contribution < -0.4 is 0 Å². The standard InChI is InChI=1S/C18H29N3/c1-12-15(17(2,3)4)14-10-13(8-9-19)11-21(14)16(20-12)18(5,6)7/h12-13H,8,10-11H2,1-7H3/t12-,13-/m1/s1. The highest BCUT2D eigenvalue weighted by Crippen LogP contribution is 2.44. The van der Waals surface area contributed by atoms with E-state index in [1.807, 2.05) is 0 Å². The molecular formula is C18H29N3. The first-order chi connectivity index (χ1) is 9.55. The smallest absolute Gasteiger partial charge is 0.109 e. The molecule has 0 amide bonds. The van der Waals surface area contributed by atoms with Crippen molar-refractivity contribution < 1.29 is 0 Å². The SMILES string of the molecule is C[C@H]1N=C(C(C)(C)C)N2C[C@H](CC#N)CC2=C1C(C)(C)C. The summed E-state index contributed by atoms with van der Waals surface area (Å²) in [7, 11) is 0. The third-order valence-corrected chi connectivity index (χ3v) is 4.41. The normalized spacial score (nSPS) is 26.6. The molecule has 21 heavy (non-hydrogen) atoms. The summed E-state index contributed by atoms with van der Waals surface area (Å²) in [5.74, 6) is 1.64. The Kier molecular flexibility index (Phi) is 3.95. The molecule has 2 heterocycles. The van der Waals surface area contributed by atoms with E-state index in [-0.39, 0.29) is 16.9 Å². The Morgan fingerprint density at radius 2 is 1.81 bits per heavy atom. The average Bonchev–Trinajstić information content (AvgIpc) is 2.67. The van der Waals surface area contributed by atoms with E-state index in [4.69, 9.17) is 10.3 Å². The molecule has 0 bridgehead atoms. The van der Waals surface area contributed by atoms with Gasteiger partial charge in [-0.3, -0.25) is 4.99 Å². The second-order valence-corrected chi connectivity index (χ2v) is 8.53. The van der Waals surface area contributed by atoms with Crippen molar-refractivity contribution in [1.82, 2.24) is 4.90 Å². The summed E-state index contributed by atoms with van der Waals surface area (Å²) >= 11 is 0. The highest BCUT2D eigenvalue weighted by Gasteiger charge is 2.42. The van der Waals surface area contributed by atoms with Gasteiger partial charge in [-0.05, 0) is 30.3 Å². The lowest BCUT2D eigenvalue weighted by Gasteiger charge is -2.41. The minimum absolute atomic E-state index is 0.0461. The van der Waals surface area contributed by atoms with Gasteiger partial charge in [0.05, 0.1) is 12.1 Å². The Balaban J connectivity index is 2.49. The summed E-state index contributed by atoms with van der Waals surface area (Å²) in [6.45, 7) is 16.7. The van der Waals surface area contributed by atoms with Crippen molar-refractivity contribution in [3.05, 3.63) is 11.3 Å². The maximum Gasteiger partial charge on any atom is 0.109 e. The largest absolute Gasteiger partial charge is 0.333 e. The first-order valence-corrected chi connectivity index (χ1v) is 8.02. The summed E-state index contributed by atoms with van der Waals surface area (Å²) in [5.41, 5.74) is 3.07. The molecule has 0 spiro atoms. The molecule has 3 heteroatoms. The minimum atomic E-state index is 0.0461. The van der Waals surface area contributed by atoms with Crippen molar-refractivity contribution in [2.75, 3.05) is 6.54 Å². The minimum Gasteiger partial charge on any atom is -0.333 e. The van der Waals surface area contributed by atoms with E-state index in [1.165, 1.54) is 17.1 Å². The van der Waals surface area contributed by atoms with E-state index in [1.54, 1.807) is 0 Å². The van der Waals surface area contributed by atoms with Crippen LogP contribution in [0.5, 0.6) is 0 Å². The predicted molar refractivity (Wildman–Crippen MR) is 87.9 cm³/mol. The van der Waals surface area contributed by atoms with Crippen LogP contribution in [-0.4, -0.2) is 23.3 Å². The number of nitriles is 1. The Labute approximate surface area is 129 Å². The molecule has 1 saturated heterocycles. The molecule has 2 aliphatic heterocycles. The zero-order chi connectivity index (χ0) is 16.0. The number of amidine groups is 1. The lowest BCUT2D eigenvalue weighted by atomic mass is 9.79. The molecule has 0 aromatic rings. The first kappa shape index (κ1) is 16.1. The monoisotopic (exact) mass is 287 g/mol. The van der Waals surface area contributed by atoms with E-state index >= 15 is 0 Å². The van der Waals surface area contributed by atoms with Crippen molar-refractivity contribution in [3.63, 3.8) is 0 Å². The van der Waals surface area contributed by atoms with Crippen LogP contribution in [-0.2, 0) is 0 Å². The number of aliphatic imine (C=N–C) groups is 1. The molecule has 0 radical (unpaired) electrons. The zero-order valence-electron chi connectivity index (χ0n) is 14.6. The number of rotatable bonds is 1. The fourth-order valence-electron chi connectivity index (χ4n) is 3.77. The van der Waals surface area contributed by atoms with Gasteiger partial charge in [-0.2, -0.15) is 5.26 Å². The summed E-state index contributed by atoms with van der Waals surface area (Å²) in [5, 5.41) is 9.05. The number of hydrogen-bond donors (Lipinski definition) is 0. The quantitative estimate of drug-likeness (QED) is 0.718. The Bertz CT molecular complexity index is 520. The fraction of sp³-hybridized carbons (Fsp3) is 0.778. The summed E-state index contributed by atoms with van der Waals surface area (Å²) in [6, 6.07) is 2.59. The van der Waals surface area contributed by atoms with Gasteiger partial charge in [0.1, 0.15) is 5.84 Å². The maximum absolute atomic E-state index is 9.05. The average molecular weight is 287 g/mol. The molecule has 0 aromatic carbocycles. The Morgan fingerprint density at radius 1 is 1.19 bits per heavy atom. The maximum atomic E-state index is 9.05. The van der Waals surface area contributed by atoms with Crippen LogP contribution in [0.15, 0.2) is 16.3 Å². The molecule has 1 fully saturated rings. The second kappa shape index (κ2) is 5.16. The van der Waals surface area contributed by atoms with Crippen molar-refractivity contribution >= 4 is 5.84 Å². The number of allylic oxidation sites excluding steroid dienone is 1. The molecule has 0 N–H and O–H groups in total. The predicted octanol–water partition coefficient (Wildman–Crippen LogP) is 4.37. The van der Waals surface area contributed by atoms with Crippen LogP contribution in [0.1, 0.15) is 61.3 Å². The van der Waals surface area contributed by atoms with E-state index in [0.717, 1.165) is 13.0 Å². The molecule has 0 saturated carbocycles. The molecule has 2 rings (SSSR count). The van der Waals surface area contributed by atoms with Crippen LogP contribution in [0.25, 0.3) is 0 Å². The third kappa shape index (κ3) is 3.00. The van der Waals surface area contributed by atoms with Gasteiger partial charge in [-0.1, -0.05) is 41.5 Å². The van der Waals surface area contributed by atoms with Crippen molar-refractivity contribution in [1.29, 1.82) is 5.26 Å². The summed E-state index contributed by atoms with van der Waals surface area (Å²) < 4.78 is 0. The number of nitrogens with zero attached hydrogens (tertiary/aromatic N) is 3. The van der Waals surface area contributed by atoms with E-state index in [0.29, 0.717) is 12.3 Å². The molecule has 116 valence electrons. The zero-order valence-corrected chi connectivity index (χ0v) is 14.6. The molecule has 0 aromatic heterocycles. The van der Waals surface area contributed by atoms with E-state index in [9.17, 15) is 0 Å². The van der Waals surface area contributed by atoms with Gasteiger partial charge in [0, 0.05) is 24.1 Å². The van der Waals surface area contributed by atoms with Gasteiger partial charge in [0.15, 0.2) is 0 Å². The summed E-state index contributed by atoms with van der Waals surface area (Å²) in [4.78, 5) is 7.46. The van der Waals surface area contributed by atoms with Crippen LogP contribution in [0.4, 0.5) is 0 Å². The molecule has 2 atom stereocenters. The lowest BCUT2D eigenvalue weighted by Crippen LogP contribution is -2.43. The van der Waals surface area contributed by atoms with Gasteiger partial charge in [-0.25, -0.2) is 0 Å². The van der Waals surface area contributed by atoms with Gasteiger partial charge < -0.3 is 4.90 Å². The Morgan fingerprint density at radius 3 is 2.29 bits per heavy atom. The van der Waals surface area contributed by atoms with Crippen molar-refractivity contribution in [2.24, 2.45) is 21.7 Å². The van der Waals surface area contributed by atoms with Crippen molar-refractivity contribution in [2.45, 2.75) is 67.3 Å². The van der Waals surface area contributed by atoms with Crippen LogP contribution in [0.3, 0.4) is 0 Å².